The van der Waals surface area contributed by atoms with Crippen LogP contribution in [0.2, 0.25) is 0 Å². The first-order valence-corrected chi connectivity index (χ1v) is 10.8. The van der Waals surface area contributed by atoms with E-state index in [2.05, 4.69) is 36.0 Å². The van der Waals surface area contributed by atoms with E-state index >= 15 is 0 Å². The first-order valence-electron chi connectivity index (χ1n) is 10.0. The van der Waals surface area contributed by atoms with Gasteiger partial charge in [-0.25, -0.2) is 4.98 Å². The molecule has 1 aliphatic heterocycles. The van der Waals surface area contributed by atoms with Crippen LogP contribution in [0.4, 0.5) is 5.13 Å². The normalized spacial score (nSPS) is 14.6. The molecule has 0 unspecified atom stereocenters. The molecule has 9 heteroatoms. The number of benzene rings is 1. The number of anilines is 1. The van der Waals surface area contributed by atoms with Crippen LogP contribution in [-0.2, 0) is 11.8 Å². The molecule has 4 rings (SSSR count). The Morgan fingerprint density at radius 3 is 2.73 bits per heavy atom. The standard InChI is InChI=1S/C21H27N5O2S.ClH/c1-15-13-16(2)19-18(14-15)29-21(23-19)26(20(27)17-5-6-22-24(17)3)8-4-7-25-9-11-28-12-10-25;/h5-6,13-14H,4,7-12H2,1-3H3;1H. The Labute approximate surface area is 187 Å². The summed E-state index contributed by atoms with van der Waals surface area (Å²) in [6.45, 7) is 9.21. The number of amides is 1. The third kappa shape index (κ3) is 4.83. The van der Waals surface area contributed by atoms with Gasteiger partial charge in [-0.05, 0) is 43.5 Å². The number of morpholine rings is 1. The number of hydrogen-bond acceptors (Lipinski definition) is 6. The van der Waals surface area contributed by atoms with E-state index in [1.165, 1.54) is 5.56 Å². The quantitative estimate of drug-likeness (QED) is 0.576. The van der Waals surface area contributed by atoms with Crippen molar-refractivity contribution in [2.75, 3.05) is 44.3 Å². The highest BCUT2D eigenvalue weighted by molar-refractivity contribution is 7.22. The lowest BCUT2D eigenvalue weighted by atomic mass is 10.1. The predicted octanol–water partition coefficient (Wildman–Crippen LogP) is 3.44. The zero-order chi connectivity index (χ0) is 20.4. The number of aryl methyl sites for hydroxylation is 3. The lowest BCUT2D eigenvalue weighted by Crippen LogP contribution is -2.39. The van der Waals surface area contributed by atoms with Crippen molar-refractivity contribution in [1.29, 1.82) is 0 Å². The molecule has 0 saturated carbocycles. The lowest BCUT2D eigenvalue weighted by Gasteiger charge is -2.27. The Morgan fingerprint density at radius 1 is 1.27 bits per heavy atom. The molecule has 0 atom stereocenters. The van der Waals surface area contributed by atoms with Crippen molar-refractivity contribution in [2.24, 2.45) is 7.05 Å². The largest absolute Gasteiger partial charge is 0.379 e. The molecule has 1 saturated heterocycles. The minimum absolute atomic E-state index is 0. The predicted molar refractivity (Wildman–Crippen MR) is 123 cm³/mol. The second-order valence-electron chi connectivity index (χ2n) is 7.53. The number of halogens is 1. The van der Waals surface area contributed by atoms with Gasteiger partial charge in [0.2, 0.25) is 0 Å². The van der Waals surface area contributed by atoms with Gasteiger partial charge in [-0.15, -0.1) is 12.4 Å². The van der Waals surface area contributed by atoms with Crippen LogP contribution in [0, 0.1) is 13.8 Å². The second kappa shape index (κ2) is 9.87. The summed E-state index contributed by atoms with van der Waals surface area (Å²) in [4.78, 5) is 22.4. The molecule has 1 aromatic carbocycles. The highest BCUT2D eigenvalue weighted by Gasteiger charge is 2.24. The Hall–Kier alpha value is -2.00. The minimum atomic E-state index is -0.0552. The number of ether oxygens (including phenoxy) is 1. The van der Waals surface area contributed by atoms with Crippen LogP contribution in [0.5, 0.6) is 0 Å². The SMILES string of the molecule is Cc1cc(C)c2nc(N(CCCN3CCOCC3)C(=O)c3ccnn3C)sc2c1.Cl. The Kier molecular flexibility index (Phi) is 7.46. The molecule has 162 valence electrons. The van der Waals surface area contributed by atoms with Gasteiger partial charge in [0, 0.05) is 39.4 Å². The second-order valence-corrected chi connectivity index (χ2v) is 8.54. The molecule has 3 aromatic rings. The molecule has 0 aliphatic carbocycles. The van der Waals surface area contributed by atoms with Crippen LogP contribution in [0.3, 0.4) is 0 Å². The molecule has 1 fully saturated rings. The van der Waals surface area contributed by atoms with Gasteiger partial charge in [0.25, 0.3) is 5.91 Å². The number of thiazole rings is 1. The van der Waals surface area contributed by atoms with E-state index in [4.69, 9.17) is 9.72 Å². The molecule has 3 heterocycles. The van der Waals surface area contributed by atoms with Crippen molar-refractivity contribution >= 4 is 45.0 Å². The summed E-state index contributed by atoms with van der Waals surface area (Å²) in [5.74, 6) is -0.0552. The molecule has 0 bridgehead atoms. The molecule has 1 aliphatic rings. The number of fused-ring (bicyclic) bond motifs is 1. The van der Waals surface area contributed by atoms with Crippen LogP contribution in [0.1, 0.15) is 28.0 Å². The third-order valence-electron chi connectivity index (χ3n) is 5.29. The molecule has 0 spiro atoms. The van der Waals surface area contributed by atoms with E-state index < -0.39 is 0 Å². The van der Waals surface area contributed by atoms with Crippen molar-refractivity contribution in [2.45, 2.75) is 20.3 Å². The van der Waals surface area contributed by atoms with Crippen LogP contribution >= 0.6 is 23.7 Å². The number of carbonyl (C=O) groups excluding carboxylic acids is 1. The van der Waals surface area contributed by atoms with Gasteiger partial charge >= 0.3 is 0 Å². The first kappa shape index (κ1) is 22.7. The summed E-state index contributed by atoms with van der Waals surface area (Å²) in [5, 5.41) is 4.92. The Bertz CT molecular complexity index is 1010. The summed E-state index contributed by atoms with van der Waals surface area (Å²) < 4.78 is 8.17. The number of nitrogens with zero attached hydrogens (tertiary/aromatic N) is 5. The van der Waals surface area contributed by atoms with E-state index in [9.17, 15) is 4.79 Å². The Morgan fingerprint density at radius 2 is 2.03 bits per heavy atom. The summed E-state index contributed by atoms with van der Waals surface area (Å²) in [6.07, 6.45) is 2.54. The molecule has 1 amide bonds. The summed E-state index contributed by atoms with van der Waals surface area (Å²) >= 11 is 1.58. The summed E-state index contributed by atoms with van der Waals surface area (Å²) in [5.41, 5.74) is 3.90. The van der Waals surface area contributed by atoms with Crippen LogP contribution in [0.25, 0.3) is 10.2 Å². The van der Waals surface area contributed by atoms with Crippen molar-refractivity contribution in [3.63, 3.8) is 0 Å². The molecule has 2 aromatic heterocycles. The highest BCUT2D eigenvalue weighted by Crippen LogP contribution is 2.32. The summed E-state index contributed by atoms with van der Waals surface area (Å²) in [7, 11) is 1.80. The van der Waals surface area contributed by atoms with Gasteiger partial charge in [0.15, 0.2) is 5.13 Å². The zero-order valence-electron chi connectivity index (χ0n) is 17.6. The Balaban J connectivity index is 0.00000256. The van der Waals surface area contributed by atoms with Crippen molar-refractivity contribution < 1.29 is 9.53 Å². The van der Waals surface area contributed by atoms with E-state index in [1.54, 1.807) is 35.3 Å². The van der Waals surface area contributed by atoms with Crippen LogP contribution in [0.15, 0.2) is 24.4 Å². The number of rotatable bonds is 6. The zero-order valence-corrected chi connectivity index (χ0v) is 19.3. The van der Waals surface area contributed by atoms with E-state index in [0.29, 0.717) is 12.2 Å². The van der Waals surface area contributed by atoms with E-state index in [0.717, 1.165) is 60.2 Å². The number of aromatic nitrogens is 3. The van der Waals surface area contributed by atoms with Crippen molar-refractivity contribution in [3.8, 4) is 0 Å². The number of carbonyl (C=O) groups is 1. The number of hydrogen-bond donors (Lipinski definition) is 0. The fourth-order valence-corrected chi connectivity index (χ4v) is 4.92. The van der Waals surface area contributed by atoms with Gasteiger partial charge in [-0.1, -0.05) is 17.4 Å². The molecular weight excluding hydrogens is 422 g/mol. The topological polar surface area (TPSA) is 63.5 Å². The molecule has 30 heavy (non-hydrogen) atoms. The maximum absolute atomic E-state index is 13.3. The monoisotopic (exact) mass is 449 g/mol. The first-order chi connectivity index (χ1) is 14.0. The fraction of sp³-hybridized carbons (Fsp3) is 0.476. The van der Waals surface area contributed by atoms with Crippen LogP contribution < -0.4 is 4.90 Å². The van der Waals surface area contributed by atoms with Gasteiger partial charge in [0.1, 0.15) is 5.69 Å². The fourth-order valence-electron chi connectivity index (χ4n) is 3.76. The van der Waals surface area contributed by atoms with Gasteiger partial charge in [-0.3, -0.25) is 19.3 Å². The van der Waals surface area contributed by atoms with Crippen LogP contribution in [-0.4, -0.2) is 65.0 Å². The van der Waals surface area contributed by atoms with Gasteiger partial charge in [-0.2, -0.15) is 5.10 Å². The van der Waals surface area contributed by atoms with E-state index in [1.807, 2.05) is 4.90 Å². The molecule has 7 nitrogen and oxygen atoms in total. The van der Waals surface area contributed by atoms with Gasteiger partial charge < -0.3 is 4.74 Å². The maximum atomic E-state index is 13.3. The average Bonchev–Trinajstić information content (AvgIpc) is 3.32. The smallest absolute Gasteiger partial charge is 0.278 e. The van der Waals surface area contributed by atoms with E-state index in [-0.39, 0.29) is 18.3 Å². The minimum Gasteiger partial charge on any atom is -0.379 e. The molecule has 0 N–H and O–H groups in total. The average molecular weight is 450 g/mol. The molecule has 0 radical (unpaired) electrons. The maximum Gasteiger partial charge on any atom is 0.278 e. The molecular formula is C21H28ClN5O2S. The highest BCUT2D eigenvalue weighted by atomic mass is 35.5. The summed E-state index contributed by atoms with van der Waals surface area (Å²) in [6, 6.07) is 6.04. The van der Waals surface area contributed by atoms with Crippen molar-refractivity contribution in [3.05, 3.63) is 41.2 Å². The van der Waals surface area contributed by atoms with Gasteiger partial charge in [0.05, 0.1) is 23.4 Å². The van der Waals surface area contributed by atoms with Crippen molar-refractivity contribution in [1.82, 2.24) is 19.7 Å². The lowest BCUT2D eigenvalue weighted by molar-refractivity contribution is 0.0376. The third-order valence-corrected chi connectivity index (χ3v) is 6.32.